The van der Waals surface area contributed by atoms with E-state index in [1.165, 1.54) is 35.0 Å². The molecule has 0 saturated heterocycles. The van der Waals surface area contributed by atoms with Gasteiger partial charge in [0.25, 0.3) is 0 Å². The van der Waals surface area contributed by atoms with E-state index in [1.54, 1.807) is 6.92 Å². The molecule has 0 bridgehead atoms. The first-order valence-corrected chi connectivity index (χ1v) is 10.9. The van der Waals surface area contributed by atoms with Crippen LogP contribution in [0.4, 0.5) is 17.6 Å². The molecule has 0 aliphatic rings. The highest BCUT2D eigenvalue weighted by atomic mass is 35.5. The summed E-state index contributed by atoms with van der Waals surface area (Å²) in [6.45, 7) is 2.06. The number of halogens is 5. The molecular formula is C22H18ClF4N5O4. The third kappa shape index (κ3) is 4.71. The Labute approximate surface area is 205 Å². The zero-order valence-electron chi connectivity index (χ0n) is 18.8. The van der Waals surface area contributed by atoms with E-state index in [0.29, 0.717) is 0 Å². The van der Waals surface area contributed by atoms with Gasteiger partial charge in [-0.25, -0.2) is 14.2 Å². The molecule has 4 rings (SSSR count). The molecule has 14 heteroatoms. The topological polar surface area (TPSA) is 104 Å². The van der Waals surface area contributed by atoms with Crippen LogP contribution in [-0.2, 0) is 13.2 Å². The van der Waals surface area contributed by atoms with E-state index in [9.17, 15) is 27.5 Å². The molecule has 3 heterocycles. The summed E-state index contributed by atoms with van der Waals surface area (Å²) in [5.41, 5.74) is -0.674. The molecule has 1 aromatic carbocycles. The van der Waals surface area contributed by atoms with Gasteiger partial charge in [-0.1, -0.05) is 17.7 Å². The number of pyridine rings is 2. The van der Waals surface area contributed by atoms with Gasteiger partial charge in [-0.15, -0.1) is 5.10 Å². The number of aliphatic hydroxyl groups excluding tert-OH is 1. The van der Waals surface area contributed by atoms with Crippen LogP contribution in [-0.4, -0.2) is 41.7 Å². The molecule has 0 amide bonds. The van der Waals surface area contributed by atoms with E-state index in [1.807, 2.05) is 0 Å². The third-order valence-corrected chi connectivity index (χ3v) is 5.44. The van der Waals surface area contributed by atoms with Crippen LogP contribution in [0, 0.1) is 5.82 Å². The molecule has 9 nitrogen and oxygen atoms in total. The Kier molecular flexibility index (Phi) is 6.87. The van der Waals surface area contributed by atoms with Crippen molar-refractivity contribution in [3.8, 4) is 23.3 Å². The van der Waals surface area contributed by atoms with E-state index in [0.717, 1.165) is 17.7 Å². The number of nitrogens with zero attached hydrogens (tertiary/aromatic N) is 5. The van der Waals surface area contributed by atoms with Gasteiger partial charge in [0.15, 0.2) is 29.3 Å². The van der Waals surface area contributed by atoms with Crippen molar-refractivity contribution in [1.82, 2.24) is 24.3 Å². The number of aromatic nitrogens is 5. The van der Waals surface area contributed by atoms with E-state index >= 15 is 0 Å². The number of aliphatic hydroxyl groups is 1. The summed E-state index contributed by atoms with van der Waals surface area (Å²) in [6, 6.07) is 6.55. The van der Waals surface area contributed by atoms with Gasteiger partial charge < -0.3 is 14.6 Å². The van der Waals surface area contributed by atoms with Crippen molar-refractivity contribution >= 4 is 22.4 Å². The maximum Gasteiger partial charge on any atom is 0.425 e. The maximum atomic E-state index is 14.3. The smallest absolute Gasteiger partial charge is 0.425 e. The van der Waals surface area contributed by atoms with E-state index < -0.39 is 42.0 Å². The SMILES string of the molecule is CCn1c(CO)nn(-c2cc3ccnc(Oc4c(F)cccc4Cl)c3c(OC(C)C(F)(F)F)n2)c1=O. The van der Waals surface area contributed by atoms with Gasteiger partial charge in [0.05, 0.1) is 5.02 Å². The van der Waals surface area contributed by atoms with Gasteiger partial charge in [-0.05, 0) is 43.5 Å². The van der Waals surface area contributed by atoms with Crippen LogP contribution < -0.4 is 15.2 Å². The molecule has 0 radical (unpaired) electrons. The lowest BCUT2D eigenvalue weighted by atomic mass is 10.2. The normalized spacial score (nSPS) is 12.7. The van der Waals surface area contributed by atoms with Gasteiger partial charge in [-0.3, -0.25) is 4.57 Å². The van der Waals surface area contributed by atoms with Crippen molar-refractivity contribution in [3.05, 3.63) is 63.7 Å². The van der Waals surface area contributed by atoms with E-state index in [2.05, 4.69) is 15.1 Å². The fourth-order valence-electron chi connectivity index (χ4n) is 3.33. The number of ether oxygens (including phenoxy) is 2. The predicted molar refractivity (Wildman–Crippen MR) is 120 cm³/mol. The monoisotopic (exact) mass is 527 g/mol. The largest absolute Gasteiger partial charge is 0.464 e. The third-order valence-electron chi connectivity index (χ3n) is 5.14. The number of hydrogen-bond acceptors (Lipinski definition) is 7. The number of rotatable bonds is 7. The summed E-state index contributed by atoms with van der Waals surface area (Å²) >= 11 is 6.02. The number of alkyl halides is 3. The van der Waals surface area contributed by atoms with E-state index in [-0.39, 0.29) is 39.9 Å². The lowest BCUT2D eigenvalue weighted by molar-refractivity contribution is -0.189. The Morgan fingerprint density at radius 2 is 1.97 bits per heavy atom. The van der Waals surface area contributed by atoms with Gasteiger partial charge in [0, 0.05) is 12.7 Å². The molecule has 4 aromatic rings. The summed E-state index contributed by atoms with van der Waals surface area (Å²) in [4.78, 5) is 20.9. The number of fused-ring (bicyclic) bond motifs is 1. The highest BCUT2D eigenvalue weighted by Crippen LogP contribution is 2.39. The number of hydrogen-bond donors (Lipinski definition) is 1. The highest BCUT2D eigenvalue weighted by molar-refractivity contribution is 6.32. The molecule has 36 heavy (non-hydrogen) atoms. The molecule has 1 unspecified atom stereocenters. The fraction of sp³-hybridized carbons (Fsp3) is 0.273. The van der Waals surface area contributed by atoms with Crippen LogP contribution in [0.1, 0.15) is 19.7 Å². The first kappa shape index (κ1) is 25.4. The van der Waals surface area contributed by atoms with E-state index in [4.69, 9.17) is 21.1 Å². The molecular weight excluding hydrogens is 510 g/mol. The Morgan fingerprint density at radius 3 is 2.58 bits per heavy atom. The van der Waals surface area contributed by atoms with Crippen molar-refractivity contribution in [2.75, 3.05) is 0 Å². The minimum Gasteiger partial charge on any atom is -0.464 e. The van der Waals surface area contributed by atoms with Crippen LogP contribution in [0.3, 0.4) is 0 Å². The molecule has 3 aromatic heterocycles. The number of para-hydroxylation sites is 1. The predicted octanol–water partition coefficient (Wildman–Crippen LogP) is 4.40. The molecule has 0 saturated carbocycles. The van der Waals surface area contributed by atoms with Crippen LogP contribution in [0.15, 0.2) is 41.3 Å². The molecule has 0 spiro atoms. The Balaban J connectivity index is 1.95. The quantitative estimate of drug-likeness (QED) is 0.355. The second-order valence-corrected chi connectivity index (χ2v) is 7.87. The summed E-state index contributed by atoms with van der Waals surface area (Å²) in [5.74, 6) is -2.30. The van der Waals surface area contributed by atoms with Crippen molar-refractivity contribution in [2.45, 2.75) is 39.3 Å². The van der Waals surface area contributed by atoms with Crippen LogP contribution >= 0.6 is 11.6 Å². The summed E-state index contributed by atoms with van der Waals surface area (Å²) in [7, 11) is 0. The zero-order valence-corrected chi connectivity index (χ0v) is 19.5. The first-order chi connectivity index (χ1) is 17.0. The van der Waals surface area contributed by atoms with Crippen molar-refractivity contribution in [2.24, 2.45) is 0 Å². The summed E-state index contributed by atoms with van der Waals surface area (Å²) in [5, 5.41) is 13.5. The Bertz CT molecular complexity index is 1470. The van der Waals surface area contributed by atoms with Gasteiger partial charge in [-0.2, -0.15) is 22.8 Å². The summed E-state index contributed by atoms with van der Waals surface area (Å²) in [6.07, 6.45) is -5.81. The highest BCUT2D eigenvalue weighted by Gasteiger charge is 2.39. The molecule has 0 aliphatic carbocycles. The second kappa shape index (κ2) is 9.74. The van der Waals surface area contributed by atoms with Crippen LogP contribution in [0.5, 0.6) is 17.5 Å². The van der Waals surface area contributed by atoms with Gasteiger partial charge >= 0.3 is 11.9 Å². The van der Waals surface area contributed by atoms with Crippen LogP contribution in [0.25, 0.3) is 16.6 Å². The molecule has 1 N–H and O–H groups in total. The fourth-order valence-corrected chi connectivity index (χ4v) is 3.53. The molecule has 1 atom stereocenters. The zero-order chi connectivity index (χ0) is 26.2. The average Bonchev–Trinajstić information content (AvgIpc) is 3.16. The average molecular weight is 528 g/mol. The maximum absolute atomic E-state index is 14.3. The summed E-state index contributed by atoms with van der Waals surface area (Å²) < 4.78 is 67.1. The standard InChI is InChI=1S/C22H18ClF4N5O4/c1-3-31-16(10-33)30-32(21(31)34)15-9-12-7-8-28-19(36-18-13(23)5-4-6-14(18)24)17(12)20(29-15)35-11(2)22(25,26)27/h4-9,11,33H,3,10H2,1-2H3. The second-order valence-electron chi connectivity index (χ2n) is 7.47. The molecule has 0 aliphatic heterocycles. The molecule has 0 fully saturated rings. The number of benzene rings is 1. The van der Waals surface area contributed by atoms with Crippen molar-refractivity contribution in [3.63, 3.8) is 0 Å². The first-order valence-electron chi connectivity index (χ1n) is 10.5. The minimum absolute atomic E-state index is 0.0310. The lowest BCUT2D eigenvalue weighted by Gasteiger charge is -2.19. The van der Waals surface area contributed by atoms with Crippen molar-refractivity contribution in [1.29, 1.82) is 0 Å². The lowest BCUT2D eigenvalue weighted by Crippen LogP contribution is -2.31. The van der Waals surface area contributed by atoms with Gasteiger partial charge in [0.2, 0.25) is 11.8 Å². The van der Waals surface area contributed by atoms with Crippen LogP contribution in [0.2, 0.25) is 5.02 Å². The van der Waals surface area contributed by atoms with Crippen molar-refractivity contribution < 1.29 is 32.1 Å². The van der Waals surface area contributed by atoms with Gasteiger partial charge in [0.1, 0.15) is 12.0 Å². The Morgan fingerprint density at radius 1 is 1.22 bits per heavy atom. The Hall–Kier alpha value is -3.71. The molecule has 190 valence electrons. The minimum atomic E-state index is -4.76.